The van der Waals surface area contributed by atoms with E-state index >= 15 is 0 Å². The molecule has 2 aliphatic rings. The van der Waals surface area contributed by atoms with Crippen LogP contribution in [-0.2, 0) is 16.4 Å². The molecule has 1 fully saturated rings. The number of aryl methyl sites for hydroxylation is 1. The second-order valence-electron chi connectivity index (χ2n) is 5.41. The van der Waals surface area contributed by atoms with Crippen LogP contribution in [0.2, 0.25) is 0 Å². The van der Waals surface area contributed by atoms with E-state index < -0.39 is 10.0 Å². The van der Waals surface area contributed by atoms with Gasteiger partial charge in [-0.3, -0.25) is 4.31 Å². The van der Waals surface area contributed by atoms with Gasteiger partial charge >= 0.3 is 0 Å². The molecule has 1 saturated carbocycles. The summed E-state index contributed by atoms with van der Waals surface area (Å²) in [4.78, 5) is 0. The highest BCUT2D eigenvalue weighted by Gasteiger charge is 2.37. The van der Waals surface area contributed by atoms with Crippen LogP contribution in [0.15, 0.2) is 18.2 Å². The van der Waals surface area contributed by atoms with E-state index in [-0.39, 0.29) is 11.0 Å². The van der Waals surface area contributed by atoms with Crippen LogP contribution < -0.4 is 4.31 Å². The fraction of sp³-hybridized carbons (Fsp3) is 0.571. The summed E-state index contributed by atoms with van der Waals surface area (Å²) in [6.45, 7) is 0.489. The molecule has 0 unspecified atom stereocenters. The van der Waals surface area contributed by atoms with Gasteiger partial charge in [0.05, 0.1) is 10.9 Å². The van der Waals surface area contributed by atoms with Crippen molar-refractivity contribution in [2.75, 3.05) is 10.8 Å². The Kier molecular flexibility index (Phi) is 3.17. The zero-order valence-corrected chi connectivity index (χ0v) is 11.7. The molecule has 19 heavy (non-hydrogen) atoms. The van der Waals surface area contributed by atoms with E-state index in [1.165, 1.54) is 4.31 Å². The maximum atomic E-state index is 12.7. The van der Waals surface area contributed by atoms with Gasteiger partial charge in [-0.15, -0.1) is 0 Å². The molecule has 1 aromatic rings. The van der Waals surface area contributed by atoms with Crippen molar-refractivity contribution in [2.24, 2.45) is 0 Å². The van der Waals surface area contributed by atoms with E-state index in [0.29, 0.717) is 12.2 Å². The van der Waals surface area contributed by atoms with Crippen molar-refractivity contribution in [2.45, 2.75) is 43.8 Å². The molecule has 1 aliphatic heterocycles. The van der Waals surface area contributed by atoms with E-state index in [1.807, 2.05) is 6.07 Å². The van der Waals surface area contributed by atoms with Crippen molar-refractivity contribution in [1.82, 2.24) is 0 Å². The number of fused-ring (bicyclic) bond motifs is 1. The first-order valence-corrected chi connectivity index (χ1v) is 8.43. The molecule has 3 rings (SSSR count). The lowest BCUT2D eigenvalue weighted by molar-refractivity contribution is 0.472. The first-order chi connectivity index (χ1) is 9.10. The lowest BCUT2D eigenvalue weighted by atomic mass is 10.0. The average Bonchev–Trinajstić information content (AvgIpc) is 2.93. The van der Waals surface area contributed by atoms with Crippen molar-refractivity contribution in [1.29, 1.82) is 0 Å². The fourth-order valence-corrected chi connectivity index (χ4v) is 5.35. The minimum atomic E-state index is -3.32. The number of aromatic hydroxyl groups is 1. The van der Waals surface area contributed by atoms with Gasteiger partial charge in [0.1, 0.15) is 5.75 Å². The molecule has 0 atom stereocenters. The summed E-state index contributed by atoms with van der Waals surface area (Å²) in [6.07, 6.45) is 5.14. The summed E-state index contributed by atoms with van der Waals surface area (Å²) in [5.74, 6) is 0.0822. The number of hydrogen-bond acceptors (Lipinski definition) is 3. The van der Waals surface area contributed by atoms with Gasteiger partial charge in [0.2, 0.25) is 10.0 Å². The van der Waals surface area contributed by atoms with Crippen LogP contribution in [0.1, 0.15) is 37.7 Å². The van der Waals surface area contributed by atoms with Gasteiger partial charge in [0.25, 0.3) is 0 Å². The minimum Gasteiger partial charge on any atom is -0.506 e. The summed E-state index contributed by atoms with van der Waals surface area (Å²) < 4.78 is 26.9. The molecule has 0 aromatic heterocycles. The van der Waals surface area contributed by atoms with Crippen molar-refractivity contribution in [3.8, 4) is 5.75 Å². The molecule has 1 N–H and O–H groups in total. The van der Waals surface area contributed by atoms with Crippen LogP contribution in [0.4, 0.5) is 5.69 Å². The Hall–Kier alpha value is -1.23. The van der Waals surface area contributed by atoms with Crippen molar-refractivity contribution in [3.63, 3.8) is 0 Å². The SMILES string of the molecule is O=S(=O)(C1CCCC1)N1CCCc2cccc(O)c21. The predicted molar refractivity (Wildman–Crippen MR) is 74.9 cm³/mol. The highest BCUT2D eigenvalue weighted by Crippen LogP contribution is 2.39. The third kappa shape index (κ3) is 2.10. The number of sulfonamides is 1. The van der Waals surface area contributed by atoms with Crippen LogP contribution in [-0.4, -0.2) is 25.3 Å². The molecule has 0 amide bonds. The molecule has 104 valence electrons. The predicted octanol–water partition coefficient (Wildman–Crippen LogP) is 2.42. The third-order valence-corrected chi connectivity index (χ3v) is 6.48. The minimum absolute atomic E-state index is 0.0822. The Morgan fingerprint density at radius 3 is 2.63 bits per heavy atom. The highest BCUT2D eigenvalue weighted by atomic mass is 32.2. The number of rotatable bonds is 2. The van der Waals surface area contributed by atoms with Gasteiger partial charge in [-0.2, -0.15) is 0 Å². The standard InChI is InChI=1S/C14H19NO3S/c16-13-9-3-5-11-6-4-10-15(14(11)13)19(17,18)12-7-1-2-8-12/h3,5,9,12,16H,1-2,4,6-8,10H2. The molecule has 0 spiro atoms. The Bertz CT molecular complexity index is 576. The van der Waals surface area contributed by atoms with Gasteiger partial charge in [0, 0.05) is 6.54 Å². The van der Waals surface area contributed by atoms with Crippen molar-refractivity contribution >= 4 is 15.7 Å². The Balaban J connectivity index is 2.04. The molecule has 1 heterocycles. The lowest BCUT2D eigenvalue weighted by Crippen LogP contribution is -2.40. The number of nitrogens with zero attached hydrogens (tertiary/aromatic N) is 1. The van der Waals surface area contributed by atoms with E-state index in [4.69, 9.17) is 0 Å². The second-order valence-corrected chi connectivity index (χ2v) is 7.55. The number of hydrogen-bond donors (Lipinski definition) is 1. The second kappa shape index (κ2) is 4.71. The third-order valence-electron chi connectivity index (χ3n) is 4.19. The molecule has 1 aromatic carbocycles. The molecule has 5 heteroatoms. The maximum Gasteiger partial charge on any atom is 0.238 e. The van der Waals surface area contributed by atoms with Crippen LogP contribution in [0.25, 0.3) is 0 Å². The smallest absolute Gasteiger partial charge is 0.238 e. The number of benzene rings is 1. The number of anilines is 1. The van der Waals surface area contributed by atoms with E-state index in [9.17, 15) is 13.5 Å². The molecule has 0 radical (unpaired) electrons. The summed E-state index contributed by atoms with van der Waals surface area (Å²) >= 11 is 0. The van der Waals surface area contributed by atoms with Crippen molar-refractivity contribution < 1.29 is 13.5 Å². The Labute approximate surface area is 114 Å². The van der Waals surface area contributed by atoms with E-state index in [2.05, 4.69) is 0 Å². The Morgan fingerprint density at radius 1 is 1.16 bits per heavy atom. The summed E-state index contributed by atoms with van der Waals surface area (Å²) in [5.41, 5.74) is 1.45. The summed E-state index contributed by atoms with van der Waals surface area (Å²) in [7, 11) is -3.32. The number of phenolic OH excluding ortho intramolecular Hbond substituents is 1. The molecule has 0 bridgehead atoms. The van der Waals surface area contributed by atoms with Gasteiger partial charge < -0.3 is 5.11 Å². The fourth-order valence-electron chi connectivity index (χ4n) is 3.21. The van der Waals surface area contributed by atoms with Crippen LogP contribution in [0.5, 0.6) is 5.75 Å². The topological polar surface area (TPSA) is 57.6 Å². The van der Waals surface area contributed by atoms with Gasteiger partial charge in [-0.25, -0.2) is 8.42 Å². The molecule has 1 aliphatic carbocycles. The highest BCUT2D eigenvalue weighted by molar-refractivity contribution is 7.93. The normalized spacial score (nSPS) is 20.5. The largest absolute Gasteiger partial charge is 0.506 e. The molecular formula is C14H19NO3S. The summed E-state index contributed by atoms with van der Waals surface area (Å²) in [5, 5.41) is 9.76. The zero-order chi connectivity index (χ0) is 13.5. The first-order valence-electron chi connectivity index (χ1n) is 6.93. The monoisotopic (exact) mass is 281 g/mol. The van der Waals surface area contributed by atoms with E-state index in [0.717, 1.165) is 44.1 Å². The molecule has 0 saturated heterocycles. The number of phenols is 1. The van der Waals surface area contributed by atoms with Gasteiger partial charge in [0.15, 0.2) is 0 Å². The molecular weight excluding hydrogens is 262 g/mol. The Morgan fingerprint density at radius 2 is 1.89 bits per heavy atom. The van der Waals surface area contributed by atoms with Gasteiger partial charge in [-0.1, -0.05) is 25.0 Å². The van der Waals surface area contributed by atoms with Crippen LogP contribution in [0, 0.1) is 0 Å². The zero-order valence-electron chi connectivity index (χ0n) is 10.9. The molecule has 4 nitrogen and oxygen atoms in total. The lowest BCUT2D eigenvalue weighted by Gasteiger charge is -2.33. The summed E-state index contributed by atoms with van der Waals surface area (Å²) in [6, 6.07) is 5.26. The van der Waals surface area contributed by atoms with Crippen LogP contribution in [0.3, 0.4) is 0 Å². The van der Waals surface area contributed by atoms with Gasteiger partial charge in [-0.05, 0) is 37.3 Å². The first kappa shape index (κ1) is 12.8. The van der Waals surface area contributed by atoms with E-state index in [1.54, 1.807) is 12.1 Å². The average molecular weight is 281 g/mol. The quantitative estimate of drug-likeness (QED) is 0.905. The van der Waals surface area contributed by atoms with Crippen LogP contribution >= 0.6 is 0 Å². The number of para-hydroxylation sites is 1. The van der Waals surface area contributed by atoms with Crippen molar-refractivity contribution in [3.05, 3.63) is 23.8 Å². The maximum absolute atomic E-state index is 12.7.